The zero-order valence-corrected chi connectivity index (χ0v) is 15.4. The molecule has 0 bridgehead atoms. The van der Waals surface area contributed by atoms with E-state index in [1.54, 1.807) is 0 Å². The van der Waals surface area contributed by atoms with Gasteiger partial charge in [0.2, 0.25) is 5.28 Å². The molecule has 0 saturated carbocycles. The number of hydrogen-bond acceptors (Lipinski definition) is 2. The Labute approximate surface area is 163 Å². The van der Waals surface area contributed by atoms with E-state index in [1.807, 2.05) is 54.6 Å². The van der Waals surface area contributed by atoms with Crippen LogP contribution in [-0.4, -0.2) is 9.97 Å². The molecule has 130 valence electrons. The zero-order chi connectivity index (χ0) is 18.8. The molecular weight excluding hydrogens is 352 g/mol. The van der Waals surface area contributed by atoms with Gasteiger partial charge in [0.25, 0.3) is 0 Å². The third-order valence-corrected chi connectivity index (χ3v) is 4.76. The van der Waals surface area contributed by atoms with E-state index in [9.17, 15) is 0 Å². The van der Waals surface area contributed by atoms with Gasteiger partial charge in [-0.1, -0.05) is 79.9 Å². The molecule has 4 aromatic rings. The van der Waals surface area contributed by atoms with Crippen molar-refractivity contribution in [3.8, 4) is 22.5 Å². The third-order valence-electron chi connectivity index (χ3n) is 4.59. The molecule has 0 aliphatic carbocycles. The van der Waals surface area contributed by atoms with Crippen LogP contribution in [0, 0.1) is 0 Å². The lowest BCUT2D eigenvalue weighted by Gasteiger charge is -2.10. The third kappa shape index (κ3) is 3.27. The topological polar surface area (TPSA) is 25.8 Å². The number of hydrogen-bond donors (Lipinski definition) is 0. The molecule has 0 aliphatic heterocycles. The van der Waals surface area contributed by atoms with Crippen LogP contribution in [0.25, 0.3) is 45.4 Å². The number of nitrogens with zero attached hydrogens (tertiary/aromatic N) is 2. The Bertz CT molecular complexity index is 1170. The maximum absolute atomic E-state index is 6.27. The first kappa shape index (κ1) is 17.2. The Morgan fingerprint density at radius 3 is 2.30 bits per heavy atom. The standard InChI is InChI=1S/C24H17ClN2/c1-3-16-12-13-19(14-17(16)4-2)22-15-23(27-24(25)26-22)21-11-7-9-18-8-5-6-10-20(18)21/h3-15H,1-2H2. The molecule has 27 heavy (non-hydrogen) atoms. The fraction of sp³-hybridized carbons (Fsp3) is 0. The van der Waals surface area contributed by atoms with Crippen molar-refractivity contribution in [3.63, 3.8) is 0 Å². The molecule has 1 heterocycles. The summed E-state index contributed by atoms with van der Waals surface area (Å²) in [5, 5.41) is 2.52. The second kappa shape index (κ2) is 7.18. The van der Waals surface area contributed by atoms with E-state index >= 15 is 0 Å². The lowest BCUT2D eigenvalue weighted by molar-refractivity contribution is 1.18. The Morgan fingerprint density at radius 2 is 1.48 bits per heavy atom. The van der Waals surface area contributed by atoms with Crippen molar-refractivity contribution in [3.05, 3.63) is 96.3 Å². The first-order valence-corrected chi connectivity index (χ1v) is 8.99. The molecule has 0 radical (unpaired) electrons. The molecule has 0 aliphatic rings. The molecule has 3 heteroatoms. The molecule has 3 aromatic carbocycles. The Kier molecular flexibility index (Phi) is 4.57. The maximum atomic E-state index is 6.27. The van der Waals surface area contributed by atoms with Crippen LogP contribution in [0.5, 0.6) is 0 Å². The van der Waals surface area contributed by atoms with Gasteiger partial charge in [-0.15, -0.1) is 0 Å². The lowest BCUT2D eigenvalue weighted by Crippen LogP contribution is -1.93. The monoisotopic (exact) mass is 368 g/mol. The summed E-state index contributed by atoms with van der Waals surface area (Å²) in [5.74, 6) is 0. The zero-order valence-electron chi connectivity index (χ0n) is 14.7. The highest BCUT2D eigenvalue weighted by atomic mass is 35.5. The van der Waals surface area contributed by atoms with Crippen molar-refractivity contribution in [2.45, 2.75) is 0 Å². The number of halogens is 1. The van der Waals surface area contributed by atoms with Gasteiger partial charge in [-0.05, 0) is 45.6 Å². The average molecular weight is 369 g/mol. The summed E-state index contributed by atoms with van der Waals surface area (Å²) in [6.45, 7) is 7.73. The second-order valence-corrected chi connectivity index (χ2v) is 6.52. The van der Waals surface area contributed by atoms with E-state index in [0.29, 0.717) is 0 Å². The van der Waals surface area contributed by atoms with Crippen LogP contribution in [0.1, 0.15) is 11.1 Å². The highest BCUT2D eigenvalue weighted by Crippen LogP contribution is 2.31. The van der Waals surface area contributed by atoms with Crippen LogP contribution in [-0.2, 0) is 0 Å². The van der Waals surface area contributed by atoms with Crippen molar-refractivity contribution in [2.75, 3.05) is 0 Å². The number of fused-ring (bicyclic) bond motifs is 1. The van der Waals surface area contributed by atoms with Crippen molar-refractivity contribution in [1.82, 2.24) is 9.97 Å². The van der Waals surface area contributed by atoms with Crippen molar-refractivity contribution in [1.29, 1.82) is 0 Å². The van der Waals surface area contributed by atoms with Crippen LogP contribution < -0.4 is 0 Å². The Morgan fingerprint density at radius 1 is 0.741 bits per heavy atom. The second-order valence-electron chi connectivity index (χ2n) is 6.19. The van der Waals surface area contributed by atoms with Crippen LogP contribution in [0.4, 0.5) is 0 Å². The van der Waals surface area contributed by atoms with E-state index in [2.05, 4.69) is 47.4 Å². The minimum atomic E-state index is 0.225. The van der Waals surface area contributed by atoms with Gasteiger partial charge < -0.3 is 0 Å². The van der Waals surface area contributed by atoms with E-state index in [1.165, 1.54) is 0 Å². The van der Waals surface area contributed by atoms with Gasteiger partial charge in [0.15, 0.2) is 0 Å². The summed E-state index contributed by atoms with van der Waals surface area (Å²) in [6.07, 6.45) is 3.63. The quantitative estimate of drug-likeness (QED) is 0.366. The van der Waals surface area contributed by atoms with Gasteiger partial charge in [0.1, 0.15) is 0 Å². The summed E-state index contributed by atoms with van der Waals surface area (Å²) < 4.78 is 0. The summed E-state index contributed by atoms with van der Waals surface area (Å²) in [6, 6.07) is 22.4. The first-order valence-electron chi connectivity index (χ1n) is 8.61. The van der Waals surface area contributed by atoms with Gasteiger partial charge in [-0.3, -0.25) is 0 Å². The number of benzene rings is 3. The molecule has 0 unspecified atom stereocenters. The highest BCUT2D eigenvalue weighted by Gasteiger charge is 2.11. The van der Waals surface area contributed by atoms with E-state index in [-0.39, 0.29) is 5.28 Å². The molecule has 1 aromatic heterocycles. The number of rotatable bonds is 4. The van der Waals surface area contributed by atoms with Crippen molar-refractivity contribution >= 4 is 34.5 Å². The van der Waals surface area contributed by atoms with Crippen LogP contribution in [0.15, 0.2) is 79.9 Å². The summed E-state index contributed by atoms with van der Waals surface area (Å²) in [5.41, 5.74) is 5.60. The Hall–Kier alpha value is -3.23. The van der Waals surface area contributed by atoms with Gasteiger partial charge in [-0.2, -0.15) is 0 Å². The molecule has 0 saturated heterocycles. The maximum Gasteiger partial charge on any atom is 0.223 e. The predicted octanol–water partition coefficient (Wildman–Crippen LogP) is 6.90. The minimum absolute atomic E-state index is 0.225. The van der Waals surface area contributed by atoms with E-state index in [4.69, 9.17) is 11.6 Å². The van der Waals surface area contributed by atoms with Crippen molar-refractivity contribution in [2.24, 2.45) is 0 Å². The molecule has 4 rings (SSSR count). The largest absolute Gasteiger partial charge is 0.223 e. The average Bonchev–Trinajstić information content (AvgIpc) is 2.72. The minimum Gasteiger partial charge on any atom is -0.218 e. The SMILES string of the molecule is C=Cc1ccc(-c2cc(-c3cccc4ccccc34)nc(Cl)n2)cc1C=C. The van der Waals surface area contributed by atoms with Gasteiger partial charge in [0.05, 0.1) is 11.4 Å². The molecule has 0 amide bonds. The van der Waals surface area contributed by atoms with Gasteiger partial charge in [-0.25, -0.2) is 9.97 Å². The molecule has 0 fully saturated rings. The summed E-state index contributed by atoms with van der Waals surface area (Å²) in [7, 11) is 0. The van der Waals surface area contributed by atoms with E-state index < -0.39 is 0 Å². The van der Waals surface area contributed by atoms with Crippen LogP contribution in [0.2, 0.25) is 5.28 Å². The first-order chi connectivity index (χ1) is 13.2. The molecule has 0 atom stereocenters. The molecule has 0 spiro atoms. The highest BCUT2D eigenvalue weighted by molar-refractivity contribution is 6.28. The van der Waals surface area contributed by atoms with E-state index in [0.717, 1.165) is 44.4 Å². The molecular formula is C24H17ClN2. The molecule has 2 nitrogen and oxygen atoms in total. The van der Waals surface area contributed by atoms with Crippen molar-refractivity contribution < 1.29 is 0 Å². The predicted molar refractivity (Wildman–Crippen MR) is 116 cm³/mol. The Balaban J connectivity index is 1.90. The lowest BCUT2D eigenvalue weighted by atomic mass is 9.99. The normalized spacial score (nSPS) is 10.7. The summed E-state index contributed by atoms with van der Waals surface area (Å²) >= 11 is 6.27. The van der Waals surface area contributed by atoms with Crippen LogP contribution in [0.3, 0.4) is 0 Å². The van der Waals surface area contributed by atoms with Gasteiger partial charge >= 0.3 is 0 Å². The van der Waals surface area contributed by atoms with Gasteiger partial charge in [0, 0.05) is 11.1 Å². The fourth-order valence-corrected chi connectivity index (χ4v) is 3.43. The number of aromatic nitrogens is 2. The fourth-order valence-electron chi connectivity index (χ4n) is 3.25. The smallest absolute Gasteiger partial charge is 0.218 e. The summed E-state index contributed by atoms with van der Waals surface area (Å²) in [4.78, 5) is 8.91. The molecule has 0 N–H and O–H groups in total. The van der Waals surface area contributed by atoms with Crippen LogP contribution >= 0.6 is 11.6 Å².